The first-order valence-electron chi connectivity index (χ1n) is 6.33. The molecule has 1 nitrogen and oxygen atoms in total. The number of halogens is 2. The van der Waals surface area contributed by atoms with Gasteiger partial charge in [-0.2, -0.15) is 0 Å². The van der Waals surface area contributed by atoms with Crippen LogP contribution in [-0.4, -0.2) is 11.5 Å². The van der Waals surface area contributed by atoms with Gasteiger partial charge in [0.05, 0.1) is 5.02 Å². The monoisotopic (exact) mass is 368 g/mol. The predicted octanol–water partition coefficient (Wildman–Crippen LogP) is 5.86. The molecule has 0 radical (unpaired) electrons. The van der Waals surface area contributed by atoms with Crippen LogP contribution in [0.4, 0.5) is 0 Å². The number of benzene rings is 2. The first-order chi connectivity index (χ1) is 9.66. The molecule has 0 aromatic heterocycles. The Kier molecular flexibility index (Phi) is 6.14. The Labute approximate surface area is 136 Å². The minimum Gasteiger partial charge on any atom is -0.294 e. The molecule has 0 amide bonds. The number of hydrogen-bond acceptors (Lipinski definition) is 2. The molecule has 0 heterocycles. The van der Waals surface area contributed by atoms with Gasteiger partial charge in [0.2, 0.25) is 0 Å². The molecule has 0 aliphatic carbocycles. The van der Waals surface area contributed by atoms with E-state index in [0.29, 0.717) is 6.42 Å². The molecule has 0 spiro atoms. The van der Waals surface area contributed by atoms with E-state index in [2.05, 4.69) is 15.9 Å². The summed E-state index contributed by atoms with van der Waals surface area (Å²) >= 11 is 11.1. The molecule has 0 N–H and O–H groups in total. The van der Waals surface area contributed by atoms with Gasteiger partial charge in [-0.1, -0.05) is 51.8 Å². The maximum atomic E-state index is 12.0. The second-order valence-corrected chi connectivity index (χ2v) is 6.77. The summed E-state index contributed by atoms with van der Waals surface area (Å²) in [5.41, 5.74) is 0.774. The van der Waals surface area contributed by atoms with E-state index in [1.807, 2.05) is 48.5 Å². The van der Waals surface area contributed by atoms with Crippen molar-refractivity contribution in [1.29, 1.82) is 0 Å². The van der Waals surface area contributed by atoms with E-state index in [4.69, 9.17) is 11.6 Å². The van der Waals surface area contributed by atoms with Gasteiger partial charge < -0.3 is 0 Å². The van der Waals surface area contributed by atoms with E-state index < -0.39 is 0 Å². The van der Waals surface area contributed by atoms with E-state index in [1.54, 1.807) is 11.8 Å². The highest BCUT2D eigenvalue weighted by Gasteiger charge is 2.06. The Morgan fingerprint density at radius 2 is 1.80 bits per heavy atom. The maximum absolute atomic E-state index is 12.0. The van der Waals surface area contributed by atoms with Crippen molar-refractivity contribution in [2.45, 2.75) is 17.7 Å². The first-order valence-corrected chi connectivity index (χ1v) is 8.48. The van der Waals surface area contributed by atoms with Crippen molar-refractivity contribution in [1.82, 2.24) is 0 Å². The number of Topliss-reactive ketones (excluding diaryl/α,β-unsaturated/α-hetero) is 1. The standard InChI is InChI=1S/C16H14BrClOS/c17-13-9-7-12(8-10-13)15(19)5-3-11-20-16-6-2-1-4-14(16)18/h1-2,4,6-10H,3,5,11H2. The summed E-state index contributed by atoms with van der Waals surface area (Å²) in [7, 11) is 0. The second kappa shape index (κ2) is 7.87. The van der Waals surface area contributed by atoms with Crippen molar-refractivity contribution in [2.75, 3.05) is 5.75 Å². The Morgan fingerprint density at radius 3 is 2.50 bits per heavy atom. The molecule has 20 heavy (non-hydrogen) atoms. The minimum atomic E-state index is 0.192. The fraction of sp³-hybridized carbons (Fsp3) is 0.188. The average molecular weight is 370 g/mol. The lowest BCUT2D eigenvalue weighted by Gasteiger charge is -2.04. The van der Waals surface area contributed by atoms with E-state index in [1.165, 1.54) is 0 Å². The van der Waals surface area contributed by atoms with Gasteiger partial charge in [-0.3, -0.25) is 4.79 Å². The number of rotatable bonds is 6. The number of ketones is 1. The largest absolute Gasteiger partial charge is 0.294 e. The molecule has 4 heteroatoms. The second-order valence-electron chi connectivity index (χ2n) is 4.31. The number of thioether (sulfide) groups is 1. The van der Waals surface area contributed by atoms with Gasteiger partial charge in [-0.05, 0) is 36.4 Å². The summed E-state index contributed by atoms with van der Waals surface area (Å²) in [5.74, 6) is 1.09. The molecular formula is C16H14BrClOS. The van der Waals surface area contributed by atoms with Crippen LogP contribution in [0.3, 0.4) is 0 Å². The van der Waals surface area contributed by atoms with Crippen molar-refractivity contribution >= 4 is 45.1 Å². The molecule has 0 unspecified atom stereocenters. The highest BCUT2D eigenvalue weighted by molar-refractivity contribution is 9.10. The van der Waals surface area contributed by atoms with Gasteiger partial charge in [-0.15, -0.1) is 11.8 Å². The predicted molar refractivity (Wildman–Crippen MR) is 89.9 cm³/mol. The number of hydrogen-bond donors (Lipinski definition) is 0. The molecule has 0 atom stereocenters. The number of carbonyl (C=O) groups is 1. The van der Waals surface area contributed by atoms with E-state index >= 15 is 0 Å². The maximum Gasteiger partial charge on any atom is 0.162 e. The van der Waals surface area contributed by atoms with Gasteiger partial charge >= 0.3 is 0 Å². The van der Waals surface area contributed by atoms with Crippen LogP contribution >= 0.6 is 39.3 Å². The van der Waals surface area contributed by atoms with Crippen molar-refractivity contribution in [3.63, 3.8) is 0 Å². The highest BCUT2D eigenvalue weighted by Crippen LogP contribution is 2.27. The van der Waals surface area contributed by atoms with Gasteiger partial charge in [-0.25, -0.2) is 0 Å². The molecule has 0 fully saturated rings. The summed E-state index contributed by atoms with van der Waals surface area (Å²) in [5, 5.41) is 0.775. The van der Waals surface area contributed by atoms with E-state index in [-0.39, 0.29) is 5.78 Å². The third kappa shape index (κ3) is 4.65. The smallest absolute Gasteiger partial charge is 0.162 e. The molecule has 0 aliphatic rings. The zero-order valence-electron chi connectivity index (χ0n) is 10.8. The molecule has 0 saturated heterocycles. The summed E-state index contributed by atoms with van der Waals surface area (Å²) in [6, 6.07) is 15.3. The van der Waals surface area contributed by atoms with Crippen molar-refractivity contribution in [3.05, 3.63) is 63.6 Å². The lowest BCUT2D eigenvalue weighted by molar-refractivity contribution is 0.0982. The summed E-state index contributed by atoms with van der Waals surface area (Å²) in [6.07, 6.45) is 1.42. The molecule has 0 bridgehead atoms. The Morgan fingerprint density at radius 1 is 1.10 bits per heavy atom. The molecule has 2 aromatic rings. The molecule has 2 aromatic carbocycles. The summed E-state index contributed by atoms with van der Waals surface area (Å²) in [4.78, 5) is 13.1. The lowest BCUT2D eigenvalue weighted by atomic mass is 10.1. The average Bonchev–Trinajstić information content (AvgIpc) is 2.46. The van der Waals surface area contributed by atoms with Crippen LogP contribution in [0.1, 0.15) is 23.2 Å². The van der Waals surface area contributed by atoms with Crippen molar-refractivity contribution in [2.24, 2.45) is 0 Å². The Bertz CT molecular complexity index is 583. The fourth-order valence-corrected chi connectivity index (χ4v) is 3.21. The highest BCUT2D eigenvalue weighted by atomic mass is 79.9. The Hall–Kier alpha value is -0.770. The van der Waals surface area contributed by atoms with E-state index in [0.717, 1.165) is 32.1 Å². The van der Waals surface area contributed by atoms with Crippen LogP contribution in [0, 0.1) is 0 Å². The third-order valence-corrected chi connectivity index (χ3v) is 4.94. The van der Waals surface area contributed by atoms with Crippen LogP contribution in [-0.2, 0) is 0 Å². The first kappa shape index (κ1) is 15.6. The third-order valence-electron chi connectivity index (χ3n) is 2.81. The quantitative estimate of drug-likeness (QED) is 0.360. The van der Waals surface area contributed by atoms with Gasteiger partial charge in [0.15, 0.2) is 5.78 Å². The van der Waals surface area contributed by atoms with Crippen LogP contribution in [0.15, 0.2) is 57.9 Å². The van der Waals surface area contributed by atoms with E-state index in [9.17, 15) is 4.79 Å². The lowest BCUT2D eigenvalue weighted by Crippen LogP contribution is -1.99. The molecule has 104 valence electrons. The van der Waals surface area contributed by atoms with Crippen LogP contribution in [0.5, 0.6) is 0 Å². The zero-order valence-corrected chi connectivity index (χ0v) is 14.0. The van der Waals surface area contributed by atoms with Crippen molar-refractivity contribution < 1.29 is 4.79 Å². The summed E-state index contributed by atoms with van der Waals surface area (Å²) in [6.45, 7) is 0. The SMILES string of the molecule is O=C(CCCSc1ccccc1Cl)c1ccc(Br)cc1. The molecule has 0 saturated carbocycles. The topological polar surface area (TPSA) is 17.1 Å². The van der Waals surface area contributed by atoms with Crippen molar-refractivity contribution in [3.8, 4) is 0 Å². The molecule has 2 rings (SSSR count). The molecule has 0 aliphatic heterocycles. The van der Waals surface area contributed by atoms with Gasteiger partial charge in [0, 0.05) is 21.4 Å². The van der Waals surface area contributed by atoms with Gasteiger partial charge in [0.1, 0.15) is 0 Å². The fourth-order valence-electron chi connectivity index (χ4n) is 1.76. The van der Waals surface area contributed by atoms with Crippen LogP contribution in [0.2, 0.25) is 5.02 Å². The summed E-state index contributed by atoms with van der Waals surface area (Å²) < 4.78 is 0.989. The zero-order chi connectivity index (χ0) is 14.4. The number of carbonyl (C=O) groups excluding carboxylic acids is 1. The van der Waals surface area contributed by atoms with Crippen LogP contribution < -0.4 is 0 Å². The Balaban J connectivity index is 1.77. The van der Waals surface area contributed by atoms with Crippen LogP contribution in [0.25, 0.3) is 0 Å². The normalized spacial score (nSPS) is 10.5. The van der Waals surface area contributed by atoms with Gasteiger partial charge in [0.25, 0.3) is 0 Å². The minimum absolute atomic E-state index is 0.192. The molecular weight excluding hydrogens is 356 g/mol.